The van der Waals surface area contributed by atoms with Gasteiger partial charge in [0.05, 0.1) is 0 Å². The van der Waals surface area contributed by atoms with Crippen molar-refractivity contribution in [3.8, 4) is 0 Å². The molecule has 1 aromatic carbocycles. The van der Waals surface area contributed by atoms with Gasteiger partial charge in [-0.05, 0) is 25.0 Å². The summed E-state index contributed by atoms with van der Waals surface area (Å²) in [4.78, 5) is 26.0. The Morgan fingerprint density at radius 3 is 2.50 bits per heavy atom. The van der Waals surface area contributed by atoms with E-state index >= 15 is 0 Å². The zero-order valence-electron chi connectivity index (χ0n) is 11.7. The predicted octanol–water partition coefficient (Wildman–Crippen LogP) is 2.59. The molecule has 1 saturated heterocycles. The number of carbonyl (C=O) groups excluding carboxylic acids is 2. The van der Waals surface area contributed by atoms with Gasteiger partial charge in [-0.3, -0.25) is 9.69 Å². The van der Waals surface area contributed by atoms with E-state index in [2.05, 4.69) is 11.9 Å². The molecule has 1 unspecified atom stereocenters. The number of rotatable bonds is 4. The fraction of sp³-hybridized carbons (Fsp3) is 0.250. The number of amides is 3. The molecule has 0 spiro atoms. The molecule has 1 N–H and O–H groups in total. The quantitative estimate of drug-likeness (QED) is 0.675. The molecule has 1 aliphatic heterocycles. The Bertz CT molecular complexity index is 577. The maximum atomic E-state index is 12.8. The van der Waals surface area contributed by atoms with Gasteiger partial charge in [-0.25, -0.2) is 4.79 Å². The summed E-state index contributed by atoms with van der Waals surface area (Å²) in [6, 6.07) is 8.91. The number of nitrogens with one attached hydrogen (secondary N) is 1. The lowest BCUT2D eigenvalue weighted by Crippen LogP contribution is -2.45. The second-order valence-electron chi connectivity index (χ2n) is 4.68. The van der Waals surface area contributed by atoms with Gasteiger partial charge in [0.15, 0.2) is 5.54 Å². The van der Waals surface area contributed by atoms with E-state index in [0.717, 1.165) is 11.1 Å². The number of hydrogen-bond donors (Lipinski definition) is 1. The molecule has 0 aliphatic carbocycles. The number of carbonyl (C=O) groups is 2. The smallest absolute Gasteiger partial charge is 0.316 e. The van der Waals surface area contributed by atoms with E-state index in [1.807, 2.05) is 37.3 Å². The number of hydrogen-bond acceptors (Lipinski definition) is 2. The first kappa shape index (κ1) is 14.1. The minimum absolute atomic E-state index is 0.244. The lowest BCUT2D eigenvalue weighted by Gasteiger charge is -2.28. The lowest BCUT2D eigenvalue weighted by molar-refractivity contribution is -0.130. The van der Waals surface area contributed by atoms with Crippen molar-refractivity contribution in [1.29, 1.82) is 0 Å². The van der Waals surface area contributed by atoms with Crippen molar-refractivity contribution in [2.24, 2.45) is 0 Å². The predicted molar refractivity (Wildman–Crippen MR) is 78.0 cm³/mol. The summed E-state index contributed by atoms with van der Waals surface area (Å²) in [5.41, 5.74) is 0.376. The molecule has 4 nitrogen and oxygen atoms in total. The standard InChI is InChI=1S/C16H18N2O2/c1-4-9-12(3)16(13-10-7-6-8-11-13)14(19)18(5-2)15(20)17-16/h4,6-11H,1,5H2,2-3H3,(H,17,20)/b12-9+. The summed E-state index contributed by atoms with van der Waals surface area (Å²) in [6.45, 7) is 7.62. The Morgan fingerprint density at radius 2 is 2.00 bits per heavy atom. The van der Waals surface area contributed by atoms with Crippen molar-refractivity contribution in [2.75, 3.05) is 6.54 Å². The average molecular weight is 270 g/mol. The van der Waals surface area contributed by atoms with Crippen LogP contribution in [0.2, 0.25) is 0 Å². The van der Waals surface area contributed by atoms with Crippen molar-refractivity contribution in [1.82, 2.24) is 10.2 Å². The number of allylic oxidation sites excluding steroid dienone is 2. The summed E-state index contributed by atoms with van der Waals surface area (Å²) in [5, 5.41) is 2.84. The minimum atomic E-state index is -1.12. The summed E-state index contributed by atoms with van der Waals surface area (Å²) < 4.78 is 0. The van der Waals surface area contributed by atoms with Crippen LogP contribution in [0.1, 0.15) is 19.4 Å². The van der Waals surface area contributed by atoms with Gasteiger partial charge in [-0.15, -0.1) is 0 Å². The first-order chi connectivity index (χ1) is 9.57. The number of nitrogens with zero attached hydrogens (tertiary/aromatic N) is 1. The molecular weight excluding hydrogens is 252 g/mol. The highest BCUT2D eigenvalue weighted by Gasteiger charge is 2.52. The van der Waals surface area contributed by atoms with E-state index in [9.17, 15) is 9.59 Å². The van der Waals surface area contributed by atoms with Gasteiger partial charge in [0.2, 0.25) is 0 Å². The van der Waals surface area contributed by atoms with Crippen molar-refractivity contribution >= 4 is 11.9 Å². The Hall–Kier alpha value is -2.36. The van der Waals surface area contributed by atoms with Crippen LogP contribution < -0.4 is 5.32 Å². The third-order valence-corrected chi connectivity index (χ3v) is 3.59. The topological polar surface area (TPSA) is 49.4 Å². The van der Waals surface area contributed by atoms with Crippen molar-refractivity contribution in [2.45, 2.75) is 19.4 Å². The molecule has 1 aliphatic rings. The molecule has 4 heteroatoms. The van der Waals surface area contributed by atoms with Crippen LogP contribution in [-0.4, -0.2) is 23.4 Å². The normalized spacial score (nSPS) is 22.9. The third-order valence-electron chi connectivity index (χ3n) is 3.59. The van der Waals surface area contributed by atoms with Gasteiger partial charge in [0.25, 0.3) is 5.91 Å². The first-order valence-corrected chi connectivity index (χ1v) is 6.57. The van der Waals surface area contributed by atoms with Gasteiger partial charge in [0.1, 0.15) is 0 Å². The monoisotopic (exact) mass is 270 g/mol. The molecule has 2 rings (SSSR count). The molecule has 0 saturated carbocycles. The SMILES string of the molecule is C=C/C=C(\C)C1(c2ccccc2)NC(=O)N(CC)C1=O. The second kappa shape index (κ2) is 5.33. The first-order valence-electron chi connectivity index (χ1n) is 6.57. The summed E-state index contributed by atoms with van der Waals surface area (Å²) in [6.07, 6.45) is 3.37. The van der Waals surface area contributed by atoms with Crippen molar-refractivity contribution < 1.29 is 9.59 Å². The van der Waals surface area contributed by atoms with Gasteiger partial charge >= 0.3 is 6.03 Å². The van der Waals surface area contributed by atoms with Gasteiger partial charge < -0.3 is 5.32 Å². The highest BCUT2D eigenvalue weighted by atomic mass is 16.2. The van der Waals surface area contributed by atoms with Crippen molar-refractivity contribution in [3.05, 3.63) is 60.2 Å². The van der Waals surface area contributed by atoms with Gasteiger partial charge in [-0.1, -0.05) is 49.1 Å². The Morgan fingerprint density at radius 1 is 1.35 bits per heavy atom. The molecular formula is C16H18N2O2. The molecule has 1 heterocycles. The highest BCUT2D eigenvalue weighted by molar-refractivity contribution is 6.09. The Balaban J connectivity index is 2.64. The number of imide groups is 1. The molecule has 1 atom stereocenters. The molecule has 20 heavy (non-hydrogen) atoms. The molecule has 3 amide bonds. The van der Waals surface area contributed by atoms with E-state index in [1.165, 1.54) is 4.90 Å². The van der Waals surface area contributed by atoms with Gasteiger partial charge in [0, 0.05) is 6.54 Å². The lowest BCUT2D eigenvalue weighted by atomic mass is 9.82. The third kappa shape index (κ3) is 1.93. The molecule has 1 aromatic rings. The minimum Gasteiger partial charge on any atom is -0.316 e. The van der Waals surface area contributed by atoms with E-state index in [1.54, 1.807) is 19.1 Å². The molecule has 0 aromatic heterocycles. The average Bonchev–Trinajstić information content (AvgIpc) is 2.72. The number of likely N-dealkylation sites (N-methyl/N-ethyl adjacent to an activating group) is 1. The van der Waals surface area contributed by atoms with Crippen LogP contribution in [0.5, 0.6) is 0 Å². The molecule has 0 radical (unpaired) electrons. The Kier molecular flexibility index (Phi) is 3.74. The molecule has 0 bridgehead atoms. The van der Waals surface area contributed by atoms with Gasteiger partial charge in [-0.2, -0.15) is 0 Å². The second-order valence-corrected chi connectivity index (χ2v) is 4.68. The summed E-state index contributed by atoms with van der Waals surface area (Å²) >= 11 is 0. The van der Waals surface area contributed by atoms with Crippen LogP contribution in [0.3, 0.4) is 0 Å². The summed E-state index contributed by atoms with van der Waals surface area (Å²) in [5.74, 6) is -0.244. The van der Waals surface area contributed by atoms with Crippen molar-refractivity contribution in [3.63, 3.8) is 0 Å². The number of urea groups is 1. The largest absolute Gasteiger partial charge is 0.325 e. The zero-order chi connectivity index (χ0) is 14.8. The fourth-order valence-electron chi connectivity index (χ4n) is 2.54. The van der Waals surface area contributed by atoms with E-state index < -0.39 is 5.54 Å². The maximum Gasteiger partial charge on any atom is 0.325 e. The highest BCUT2D eigenvalue weighted by Crippen LogP contribution is 2.35. The van der Waals surface area contributed by atoms with E-state index in [-0.39, 0.29) is 11.9 Å². The summed E-state index contributed by atoms with van der Waals surface area (Å²) in [7, 11) is 0. The van der Waals surface area contributed by atoms with E-state index in [4.69, 9.17) is 0 Å². The Labute approximate surface area is 118 Å². The van der Waals surface area contributed by atoms with Crippen LogP contribution >= 0.6 is 0 Å². The molecule has 104 valence electrons. The number of benzene rings is 1. The van der Waals surface area contributed by atoms with Crippen LogP contribution in [0, 0.1) is 0 Å². The molecule has 1 fully saturated rings. The van der Waals surface area contributed by atoms with Crippen LogP contribution in [-0.2, 0) is 10.3 Å². The van der Waals surface area contributed by atoms with Crippen LogP contribution in [0.15, 0.2) is 54.6 Å². The fourth-order valence-corrected chi connectivity index (χ4v) is 2.54. The zero-order valence-corrected chi connectivity index (χ0v) is 11.7. The van der Waals surface area contributed by atoms with Crippen LogP contribution in [0.25, 0.3) is 0 Å². The van der Waals surface area contributed by atoms with E-state index in [0.29, 0.717) is 6.54 Å². The maximum absolute atomic E-state index is 12.8. The van der Waals surface area contributed by atoms with Crippen LogP contribution in [0.4, 0.5) is 4.79 Å².